The van der Waals surface area contributed by atoms with Crippen LogP contribution in [0.15, 0.2) is 79.1 Å². The maximum Gasteiger partial charge on any atom is 0.268 e. The molecular formula is C38H42Cl2N6O. The number of H-pyrrole nitrogens is 1. The predicted molar refractivity (Wildman–Crippen MR) is 192 cm³/mol. The molecule has 2 fully saturated rings. The number of nitrogens with one attached hydrogen (secondary N) is 2. The van der Waals surface area contributed by atoms with E-state index in [9.17, 15) is 4.79 Å². The molecule has 0 spiro atoms. The number of imidazole rings is 1. The first-order valence-corrected chi connectivity index (χ1v) is 17.7. The average Bonchev–Trinajstić information content (AvgIpc) is 3.71. The number of nitrogens with zero attached hydrogens (tertiary/aromatic N) is 4. The molecule has 1 amide bonds. The van der Waals surface area contributed by atoms with Crippen molar-refractivity contribution < 1.29 is 4.79 Å². The number of hydrogen-bond donors (Lipinski definition) is 2. The Hall–Kier alpha value is -3.62. The van der Waals surface area contributed by atoms with E-state index in [1.54, 1.807) is 0 Å². The van der Waals surface area contributed by atoms with Crippen LogP contribution in [0.4, 0.5) is 0 Å². The van der Waals surface area contributed by atoms with Crippen LogP contribution in [0.5, 0.6) is 0 Å². The summed E-state index contributed by atoms with van der Waals surface area (Å²) in [6.07, 6.45) is 8.69. The highest BCUT2D eigenvalue weighted by Gasteiger charge is 2.28. The standard InChI is InChI=1S/C38H42Cl2N6O/c1-26(27-12-14-29(39)15-13-27)46-25-42-35(28-8-4-2-5-9-28)37(46)34-32-17-16-30(40)24-33(32)43-36(34)38(47)41-18-19-44-20-22-45(23-21-44)31-10-6-3-7-11-31/h2,4-5,8-9,12-17,24-26,31,43H,3,6-7,10-11,18-23H2,1H3,(H,41,47)/t26-/m0/s1. The Morgan fingerprint density at radius 1 is 0.936 bits per heavy atom. The molecule has 9 heteroatoms. The van der Waals surface area contributed by atoms with E-state index < -0.39 is 0 Å². The van der Waals surface area contributed by atoms with E-state index in [0.717, 1.165) is 77.7 Å². The third-order valence-corrected chi connectivity index (χ3v) is 10.5. The Morgan fingerprint density at radius 3 is 2.40 bits per heavy atom. The van der Waals surface area contributed by atoms with Crippen molar-refractivity contribution in [2.45, 2.75) is 51.1 Å². The molecule has 3 aromatic carbocycles. The van der Waals surface area contributed by atoms with Gasteiger partial charge in [0.1, 0.15) is 5.69 Å². The van der Waals surface area contributed by atoms with Gasteiger partial charge in [-0.05, 0) is 49.6 Å². The fourth-order valence-corrected chi connectivity index (χ4v) is 7.71. The number of piperazine rings is 1. The van der Waals surface area contributed by atoms with Crippen molar-refractivity contribution in [2.75, 3.05) is 39.3 Å². The summed E-state index contributed by atoms with van der Waals surface area (Å²) in [7, 11) is 0. The van der Waals surface area contributed by atoms with Gasteiger partial charge in [0.25, 0.3) is 5.91 Å². The van der Waals surface area contributed by atoms with Gasteiger partial charge in [-0.25, -0.2) is 4.98 Å². The monoisotopic (exact) mass is 668 g/mol. The Morgan fingerprint density at radius 2 is 1.66 bits per heavy atom. The molecule has 7 nitrogen and oxygen atoms in total. The molecular weight excluding hydrogens is 627 g/mol. The van der Waals surface area contributed by atoms with Gasteiger partial charge in [-0.15, -0.1) is 0 Å². The van der Waals surface area contributed by atoms with E-state index >= 15 is 0 Å². The lowest BCUT2D eigenvalue weighted by molar-refractivity contribution is 0.0776. The Balaban J connectivity index is 1.19. The molecule has 1 atom stereocenters. The van der Waals surface area contributed by atoms with Gasteiger partial charge >= 0.3 is 0 Å². The van der Waals surface area contributed by atoms with Gasteiger partial charge in [0.2, 0.25) is 0 Å². The minimum atomic E-state index is -0.140. The van der Waals surface area contributed by atoms with Crippen LogP contribution in [-0.2, 0) is 0 Å². The third kappa shape index (κ3) is 6.86. The van der Waals surface area contributed by atoms with E-state index in [4.69, 9.17) is 28.2 Å². The number of rotatable bonds is 9. The van der Waals surface area contributed by atoms with Gasteiger partial charge in [-0.3, -0.25) is 14.6 Å². The molecule has 1 saturated heterocycles. The molecule has 3 heterocycles. The molecule has 1 aliphatic carbocycles. The van der Waals surface area contributed by atoms with Crippen molar-refractivity contribution in [2.24, 2.45) is 0 Å². The number of amides is 1. The molecule has 2 aromatic heterocycles. The zero-order chi connectivity index (χ0) is 32.3. The van der Waals surface area contributed by atoms with Gasteiger partial charge < -0.3 is 14.9 Å². The van der Waals surface area contributed by atoms with Crippen LogP contribution in [0.25, 0.3) is 33.4 Å². The van der Waals surface area contributed by atoms with Crippen LogP contribution in [0.2, 0.25) is 10.0 Å². The highest BCUT2D eigenvalue weighted by atomic mass is 35.5. The number of carbonyl (C=O) groups excluding carboxylic acids is 1. The summed E-state index contributed by atoms with van der Waals surface area (Å²) < 4.78 is 2.16. The van der Waals surface area contributed by atoms with Gasteiger partial charge in [0.15, 0.2) is 0 Å². The Labute approximate surface area is 286 Å². The minimum absolute atomic E-state index is 0.0762. The summed E-state index contributed by atoms with van der Waals surface area (Å²) in [5.41, 5.74) is 5.88. The predicted octanol–water partition coefficient (Wildman–Crippen LogP) is 8.29. The maximum atomic E-state index is 14.1. The van der Waals surface area contributed by atoms with E-state index in [1.165, 1.54) is 32.1 Å². The number of hydrogen-bond acceptors (Lipinski definition) is 4. The SMILES string of the molecule is C[C@@H](c1ccc(Cl)cc1)n1cnc(-c2ccccc2)c1-c1c(C(=O)NCCN2CCN(C3CCCCC3)CC2)[nH]c2cc(Cl)ccc12. The number of aromatic nitrogens is 3. The normalized spacial score (nSPS) is 17.3. The highest BCUT2D eigenvalue weighted by Crippen LogP contribution is 2.41. The average molecular weight is 670 g/mol. The second kappa shape index (κ2) is 14.2. The fourth-order valence-electron chi connectivity index (χ4n) is 7.41. The van der Waals surface area contributed by atoms with Crippen molar-refractivity contribution in [1.82, 2.24) is 29.7 Å². The largest absolute Gasteiger partial charge is 0.350 e. The number of carbonyl (C=O) groups is 1. The van der Waals surface area contributed by atoms with Crippen molar-refractivity contribution in [1.29, 1.82) is 0 Å². The van der Waals surface area contributed by atoms with E-state index in [1.807, 2.05) is 67.0 Å². The van der Waals surface area contributed by atoms with Crippen LogP contribution < -0.4 is 5.32 Å². The second-order valence-corrected chi connectivity index (χ2v) is 13.8. The fraction of sp³-hybridized carbons (Fsp3) is 0.368. The molecule has 1 saturated carbocycles. The molecule has 2 N–H and O–H groups in total. The highest BCUT2D eigenvalue weighted by molar-refractivity contribution is 6.31. The molecule has 5 aromatic rings. The molecule has 2 aliphatic rings. The van der Waals surface area contributed by atoms with Crippen molar-refractivity contribution in [3.05, 3.63) is 100 Å². The van der Waals surface area contributed by atoms with Crippen LogP contribution in [0.1, 0.15) is 61.1 Å². The third-order valence-electron chi connectivity index (χ3n) is 10.0. The number of halogens is 2. The zero-order valence-electron chi connectivity index (χ0n) is 26.9. The molecule has 0 bridgehead atoms. The van der Waals surface area contributed by atoms with Crippen LogP contribution >= 0.6 is 23.2 Å². The first-order chi connectivity index (χ1) is 23.0. The zero-order valence-corrected chi connectivity index (χ0v) is 28.4. The lowest BCUT2D eigenvalue weighted by Crippen LogP contribution is -2.52. The Kier molecular flexibility index (Phi) is 9.68. The summed E-state index contributed by atoms with van der Waals surface area (Å²) in [5, 5.41) is 5.46. The van der Waals surface area contributed by atoms with Gasteiger partial charge in [-0.2, -0.15) is 0 Å². The Bertz CT molecular complexity index is 1820. The van der Waals surface area contributed by atoms with E-state index in [0.29, 0.717) is 22.3 Å². The molecule has 47 heavy (non-hydrogen) atoms. The van der Waals surface area contributed by atoms with Gasteiger partial charge in [0, 0.05) is 77.4 Å². The summed E-state index contributed by atoms with van der Waals surface area (Å²) >= 11 is 12.7. The molecule has 0 radical (unpaired) electrons. The second-order valence-electron chi connectivity index (χ2n) is 12.9. The van der Waals surface area contributed by atoms with Crippen molar-refractivity contribution in [3.63, 3.8) is 0 Å². The quantitative estimate of drug-likeness (QED) is 0.166. The smallest absolute Gasteiger partial charge is 0.268 e. The van der Waals surface area contributed by atoms with Crippen LogP contribution in [0.3, 0.4) is 0 Å². The summed E-state index contributed by atoms with van der Waals surface area (Å²) in [6, 6.07) is 24.5. The summed E-state index contributed by atoms with van der Waals surface area (Å²) in [6.45, 7) is 7.86. The van der Waals surface area contributed by atoms with E-state index in [2.05, 4.69) is 43.7 Å². The molecule has 0 unspecified atom stereocenters. The van der Waals surface area contributed by atoms with Gasteiger partial charge in [-0.1, -0.05) is 91.0 Å². The number of fused-ring (bicyclic) bond motifs is 1. The van der Waals surface area contributed by atoms with Crippen molar-refractivity contribution in [3.8, 4) is 22.5 Å². The summed E-state index contributed by atoms with van der Waals surface area (Å²) in [5.74, 6) is -0.140. The van der Waals surface area contributed by atoms with Crippen LogP contribution in [-0.4, -0.2) is 75.6 Å². The molecule has 7 rings (SSSR count). The number of benzene rings is 3. The first-order valence-electron chi connectivity index (χ1n) is 16.9. The summed E-state index contributed by atoms with van der Waals surface area (Å²) in [4.78, 5) is 27.7. The lowest BCUT2D eigenvalue weighted by atomic mass is 9.94. The molecule has 1 aliphatic heterocycles. The maximum absolute atomic E-state index is 14.1. The van der Waals surface area contributed by atoms with Crippen molar-refractivity contribution >= 4 is 40.0 Å². The molecule has 244 valence electrons. The van der Waals surface area contributed by atoms with Gasteiger partial charge in [0.05, 0.1) is 23.8 Å². The number of aromatic amines is 1. The van der Waals surface area contributed by atoms with Crippen LogP contribution in [0, 0.1) is 0 Å². The topological polar surface area (TPSA) is 69.2 Å². The lowest BCUT2D eigenvalue weighted by Gasteiger charge is -2.40. The minimum Gasteiger partial charge on any atom is -0.350 e. The van der Waals surface area contributed by atoms with E-state index in [-0.39, 0.29) is 11.9 Å². The first kappa shape index (κ1) is 32.0.